The molecule has 0 saturated carbocycles. The van der Waals surface area contributed by atoms with E-state index in [0.29, 0.717) is 5.69 Å². The number of benzene rings is 2. The fourth-order valence-electron chi connectivity index (χ4n) is 2.18. The maximum Gasteiger partial charge on any atom is 0.241 e. The van der Waals surface area contributed by atoms with Crippen LogP contribution in [0.3, 0.4) is 0 Å². The summed E-state index contributed by atoms with van der Waals surface area (Å²) in [7, 11) is -3.88. The standard InChI is InChI=1S/C16H14FN3O3S2/c1-10-19-14-7-4-12(8-15(14)24-10)20-16(21)9-18-25(22,23)13-5-2-11(17)3-6-13/h2-8,18H,9H2,1H3,(H,20,21). The lowest BCUT2D eigenvalue weighted by Crippen LogP contribution is -2.32. The van der Waals surface area contributed by atoms with Crippen LogP contribution in [0.1, 0.15) is 5.01 Å². The molecule has 2 aromatic carbocycles. The van der Waals surface area contributed by atoms with Gasteiger partial charge in [-0.05, 0) is 49.4 Å². The molecule has 3 rings (SSSR count). The highest BCUT2D eigenvalue weighted by Crippen LogP contribution is 2.24. The van der Waals surface area contributed by atoms with Gasteiger partial charge >= 0.3 is 0 Å². The summed E-state index contributed by atoms with van der Waals surface area (Å²) in [6.07, 6.45) is 0. The third-order valence-corrected chi connectivity index (χ3v) is 5.68. The predicted molar refractivity (Wildman–Crippen MR) is 94.6 cm³/mol. The summed E-state index contributed by atoms with van der Waals surface area (Å²) in [5.41, 5.74) is 1.40. The number of amides is 1. The molecule has 3 aromatic rings. The molecule has 130 valence electrons. The number of carbonyl (C=O) groups is 1. The first kappa shape index (κ1) is 17.5. The van der Waals surface area contributed by atoms with Crippen molar-refractivity contribution in [1.82, 2.24) is 9.71 Å². The van der Waals surface area contributed by atoms with Crippen LogP contribution in [0, 0.1) is 12.7 Å². The van der Waals surface area contributed by atoms with Gasteiger partial charge in [0.25, 0.3) is 0 Å². The maximum atomic E-state index is 12.9. The first-order valence-corrected chi connectivity index (χ1v) is 9.56. The molecule has 0 atom stereocenters. The third-order valence-electron chi connectivity index (χ3n) is 3.33. The van der Waals surface area contributed by atoms with Crippen LogP contribution in [0.2, 0.25) is 0 Å². The summed E-state index contributed by atoms with van der Waals surface area (Å²) in [5, 5.41) is 3.55. The Kier molecular flexibility index (Phi) is 4.80. The molecule has 0 saturated heterocycles. The van der Waals surface area contributed by atoms with Gasteiger partial charge in [-0.3, -0.25) is 4.79 Å². The van der Waals surface area contributed by atoms with Crippen LogP contribution < -0.4 is 10.0 Å². The summed E-state index contributed by atoms with van der Waals surface area (Å²) in [6, 6.07) is 9.63. The molecule has 9 heteroatoms. The lowest BCUT2D eigenvalue weighted by atomic mass is 10.3. The van der Waals surface area contributed by atoms with Crippen molar-refractivity contribution in [2.75, 3.05) is 11.9 Å². The van der Waals surface area contributed by atoms with E-state index in [1.54, 1.807) is 18.2 Å². The molecular formula is C16H14FN3O3S2. The number of nitrogens with zero attached hydrogens (tertiary/aromatic N) is 1. The summed E-state index contributed by atoms with van der Waals surface area (Å²) in [5.74, 6) is -1.04. The first-order chi connectivity index (χ1) is 11.8. The average Bonchev–Trinajstić information content (AvgIpc) is 2.93. The predicted octanol–water partition coefficient (Wildman–Crippen LogP) is 2.66. The molecule has 2 N–H and O–H groups in total. The summed E-state index contributed by atoms with van der Waals surface area (Å²) in [4.78, 5) is 16.2. The number of fused-ring (bicyclic) bond motifs is 1. The fourth-order valence-corrected chi connectivity index (χ4v) is 4.03. The van der Waals surface area contributed by atoms with E-state index in [1.807, 2.05) is 6.92 Å². The second-order valence-electron chi connectivity index (χ2n) is 5.24. The molecule has 0 aliphatic carbocycles. The van der Waals surface area contributed by atoms with E-state index >= 15 is 0 Å². The Bertz CT molecular complexity index is 1030. The minimum atomic E-state index is -3.88. The molecule has 0 bridgehead atoms. The van der Waals surface area contributed by atoms with Crippen LogP contribution in [0.15, 0.2) is 47.4 Å². The van der Waals surface area contributed by atoms with Gasteiger partial charge in [0.1, 0.15) is 5.82 Å². The minimum Gasteiger partial charge on any atom is -0.325 e. The number of carbonyl (C=O) groups excluding carboxylic acids is 1. The molecule has 1 amide bonds. The van der Waals surface area contributed by atoms with Gasteiger partial charge in [-0.15, -0.1) is 11.3 Å². The molecular weight excluding hydrogens is 365 g/mol. The Morgan fingerprint density at radius 2 is 1.92 bits per heavy atom. The SMILES string of the molecule is Cc1nc2ccc(NC(=O)CNS(=O)(=O)c3ccc(F)cc3)cc2s1. The van der Waals surface area contributed by atoms with Gasteiger partial charge in [-0.25, -0.2) is 22.5 Å². The Labute approximate surface area is 147 Å². The van der Waals surface area contributed by atoms with Crippen LogP contribution >= 0.6 is 11.3 Å². The molecule has 0 radical (unpaired) electrons. The number of anilines is 1. The van der Waals surface area contributed by atoms with E-state index in [-0.39, 0.29) is 4.90 Å². The number of nitrogens with one attached hydrogen (secondary N) is 2. The number of aromatic nitrogens is 1. The zero-order valence-electron chi connectivity index (χ0n) is 13.1. The van der Waals surface area contributed by atoms with Gasteiger partial charge in [-0.2, -0.15) is 0 Å². The minimum absolute atomic E-state index is 0.108. The van der Waals surface area contributed by atoms with Gasteiger partial charge in [0.2, 0.25) is 15.9 Å². The maximum absolute atomic E-state index is 12.9. The number of thiazole rings is 1. The molecule has 0 aliphatic rings. The zero-order valence-corrected chi connectivity index (χ0v) is 14.7. The molecule has 0 aliphatic heterocycles. The van der Waals surface area contributed by atoms with Gasteiger partial charge in [0.05, 0.1) is 26.7 Å². The van der Waals surface area contributed by atoms with E-state index < -0.39 is 28.3 Å². The van der Waals surface area contributed by atoms with Gasteiger partial charge in [0.15, 0.2) is 0 Å². The molecule has 0 spiro atoms. The quantitative estimate of drug-likeness (QED) is 0.713. The largest absolute Gasteiger partial charge is 0.325 e. The monoisotopic (exact) mass is 379 g/mol. The van der Waals surface area contributed by atoms with E-state index in [9.17, 15) is 17.6 Å². The molecule has 0 unspecified atom stereocenters. The van der Waals surface area contributed by atoms with Gasteiger partial charge in [-0.1, -0.05) is 0 Å². The topological polar surface area (TPSA) is 88.2 Å². The number of rotatable bonds is 5. The summed E-state index contributed by atoms with van der Waals surface area (Å²) >= 11 is 1.50. The van der Waals surface area contributed by atoms with Crippen molar-refractivity contribution in [2.24, 2.45) is 0 Å². The van der Waals surface area contributed by atoms with E-state index in [0.717, 1.165) is 39.5 Å². The zero-order chi connectivity index (χ0) is 18.0. The Balaban J connectivity index is 1.64. The van der Waals surface area contributed by atoms with Crippen LogP contribution in [0.4, 0.5) is 10.1 Å². The van der Waals surface area contributed by atoms with Crippen molar-refractivity contribution < 1.29 is 17.6 Å². The van der Waals surface area contributed by atoms with Crippen molar-refractivity contribution in [1.29, 1.82) is 0 Å². The summed E-state index contributed by atoms with van der Waals surface area (Å²) in [6.45, 7) is 1.46. The van der Waals surface area contributed by atoms with E-state index in [1.165, 1.54) is 11.3 Å². The Morgan fingerprint density at radius 1 is 1.20 bits per heavy atom. The normalized spacial score (nSPS) is 11.6. The van der Waals surface area contributed by atoms with E-state index in [2.05, 4.69) is 15.0 Å². The lowest BCUT2D eigenvalue weighted by Gasteiger charge is -2.08. The molecule has 1 aromatic heterocycles. The number of hydrogen-bond acceptors (Lipinski definition) is 5. The second-order valence-corrected chi connectivity index (χ2v) is 8.24. The van der Waals surface area contributed by atoms with Crippen LogP contribution in [0.5, 0.6) is 0 Å². The second kappa shape index (κ2) is 6.87. The average molecular weight is 379 g/mol. The molecule has 1 heterocycles. The Hall–Kier alpha value is -2.36. The highest BCUT2D eigenvalue weighted by atomic mass is 32.2. The van der Waals surface area contributed by atoms with Crippen molar-refractivity contribution in [3.8, 4) is 0 Å². The van der Waals surface area contributed by atoms with Crippen LogP contribution in [0.25, 0.3) is 10.2 Å². The fraction of sp³-hybridized carbons (Fsp3) is 0.125. The number of sulfonamides is 1. The third kappa shape index (κ3) is 4.19. The lowest BCUT2D eigenvalue weighted by molar-refractivity contribution is -0.115. The smallest absolute Gasteiger partial charge is 0.241 e. The number of halogens is 1. The molecule has 25 heavy (non-hydrogen) atoms. The summed E-state index contributed by atoms with van der Waals surface area (Å²) < 4.78 is 40.1. The van der Waals surface area contributed by atoms with Crippen molar-refractivity contribution in [3.05, 3.63) is 53.3 Å². The van der Waals surface area contributed by atoms with Crippen LogP contribution in [-0.2, 0) is 14.8 Å². The highest BCUT2D eigenvalue weighted by molar-refractivity contribution is 7.89. The highest BCUT2D eigenvalue weighted by Gasteiger charge is 2.15. The van der Waals surface area contributed by atoms with Gasteiger partial charge in [0, 0.05) is 5.69 Å². The van der Waals surface area contributed by atoms with Crippen LogP contribution in [-0.4, -0.2) is 25.9 Å². The van der Waals surface area contributed by atoms with Crippen molar-refractivity contribution in [3.63, 3.8) is 0 Å². The van der Waals surface area contributed by atoms with E-state index in [4.69, 9.17) is 0 Å². The molecule has 6 nitrogen and oxygen atoms in total. The number of hydrogen-bond donors (Lipinski definition) is 2. The van der Waals surface area contributed by atoms with Gasteiger partial charge < -0.3 is 5.32 Å². The van der Waals surface area contributed by atoms with Crippen molar-refractivity contribution in [2.45, 2.75) is 11.8 Å². The Morgan fingerprint density at radius 3 is 2.64 bits per heavy atom. The molecule has 0 fully saturated rings. The van der Waals surface area contributed by atoms with Crippen molar-refractivity contribution >= 4 is 43.2 Å². The number of aryl methyl sites for hydroxylation is 1. The first-order valence-electron chi connectivity index (χ1n) is 7.26.